The maximum absolute atomic E-state index is 4.54. The van der Waals surface area contributed by atoms with Gasteiger partial charge in [0, 0.05) is 13.1 Å². The Morgan fingerprint density at radius 3 is 3.09 bits per heavy atom. The molecule has 2 aromatic heterocycles. The average Bonchev–Trinajstić information content (AvgIpc) is 3.07. The summed E-state index contributed by atoms with van der Waals surface area (Å²) in [5.41, 5.74) is 6.87. The van der Waals surface area contributed by atoms with Crippen molar-refractivity contribution < 1.29 is 0 Å². The molecule has 124 valence electrons. The van der Waals surface area contributed by atoms with Crippen molar-refractivity contribution in [1.82, 2.24) is 19.7 Å². The van der Waals surface area contributed by atoms with E-state index in [1.54, 1.807) is 11.3 Å². The van der Waals surface area contributed by atoms with Gasteiger partial charge in [-0.05, 0) is 37.7 Å². The Morgan fingerprint density at radius 2 is 2.22 bits per heavy atom. The fourth-order valence-corrected chi connectivity index (χ4v) is 3.83. The van der Waals surface area contributed by atoms with Crippen LogP contribution in [0.15, 0.2) is 29.9 Å². The number of thiazole rings is 1. The summed E-state index contributed by atoms with van der Waals surface area (Å²) < 4.78 is 3.17. The van der Waals surface area contributed by atoms with Crippen molar-refractivity contribution in [3.8, 4) is 0 Å². The normalized spacial score (nSPS) is 16.3. The number of hydrogen-bond acceptors (Lipinski definition) is 4. The van der Waals surface area contributed by atoms with E-state index in [1.807, 2.05) is 17.2 Å². The molecule has 0 saturated carbocycles. The molecule has 0 amide bonds. The summed E-state index contributed by atoms with van der Waals surface area (Å²) in [6.45, 7) is 4.29. The molecule has 0 saturated heterocycles. The van der Waals surface area contributed by atoms with Gasteiger partial charge in [-0.1, -0.05) is 24.4 Å². The van der Waals surface area contributed by atoms with E-state index in [2.05, 4.69) is 52.7 Å². The fraction of sp³-hybridized carbons (Fsp3) is 0.353. The standard InChI is InChI=1S/C17H19N4S.Cf/c1-12(13-3-4-17-16(9-13)18-11-22-17)21-7-5-14-10-20(2)19-15(14)6-8-21;/h3-4,6,9-12H,5,7-8H2,1-2H3;/q-1;. The van der Waals surface area contributed by atoms with Crippen LogP contribution in [0.1, 0.15) is 29.8 Å². The van der Waals surface area contributed by atoms with Crippen molar-refractivity contribution in [3.05, 3.63) is 53.1 Å². The van der Waals surface area contributed by atoms with Crippen molar-refractivity contribution in [3.63, 3.8) is 0 Å². The number of hydrogen-bond donors (Lipinski definition) is 0. The number of rotatable bonds is 2. The van der Waals surface area contributed by atoms with Gasteiger partial charge in [-0.2, -0.15) is 6.42 Å². The van der Waals surface area contributed by atoms with Crippen LogP contribution in [0.3, 0.4) is 0 Å². The Hall–Kier alpha value is -2.85. The summed E-state index contributed by atoms with van der Waals surface area (Å²) in [4.78, 5) is 6.95. The zero-order valence-electron chi connectivity index (χ0n) is 13.2. The van der Waals surface area contributed by atoms with E-state index in [0.29, 0.717) is 6.04 Å². The van der Waals surface area contributed by atoms with E-state index in [9.17, 15) is 0 Å². The predicted molar refractivity (Wildman–Crippen MR) is 89.9 cm³/mol. The molecule has 6 heteroatoms. The second-order valence-electron chi connectivity index (χ2n) is 5.92. The molecule has 1 aromatic carbocycles. The minimum Gasteiger partial charge on any atom is -0.310 e. The van der Waals surface area contributed by atoms with E-state index >= 15 is 0 Å². The van der Waals surface area contributed by atoms with Crippen molar-refractivity contribution in [2.45, 2.75) is 19.4 Å². The maximum atomic E-state index is 4.54. The summed E-state index contributed by atoms with van der Waals surface area (Å²) >= 11 is 1.70. The molecule has 3 aromatic rings. The third-order valence-electron chi connectivity index (χ3n) is 4.51. The van der Waals surface area contributed by atoms with Crippen molar-refractivity contribution in [1.29, 1.82) is 0 Å². The van der Waals surface area contributed by atoms with Crippen LogP contribution in [-0.2, 0) is 13.5 Å². The van der Waals surface area contributed by atoms with Gasteiger partial charge in [-0.25, -0.2) is 10.1 Å². The summed E-state index contributed by atoms with van der Waals surface area (Å²) in [5, 5.41) is 4.54. The van der Waals surface area contributed by atoms with Gasteiger partial charge in [0.25, 0.3) is 0 Å². The zero-order valence-corrected chi connectivity index (χ0v) is 16.6. The molecule has 0 N–H and O–H groups in total. The first-order valence-electron chi connectivity index (χ1n) is 7.63. The first-order valence-corrected chi connectivity index (χ1v) is 8.51. The van der Waals surface area contributed by atoms with Gasteiger partial charge in [-0.15, -0.1) is 16.9 Å². The topological polar surface area (TPSA) is 34.0 Å². The molecule has 1 aliphatic heterocycles. The van der Waals surface area contributed by atoms with Gasteiger partial charge >= 0.3 is 0 Å². The van der Waals surface area contributed by atoms with Gasteiger partial charge in [0.15, 0.2) is 0 Å². The first kappa shape index (κ1) is 15.1. The van der Waals surface area contributed by atoms with Crippen LogP contribution in [0.2, 0.25) is 0 Å². The molecule has 4 rings (SSSR count). The average molecular weight is 562 g/mol. The largest absolute Gasteiger partial charge is 0.310 e. The molecule has 1 aliphatic rings. The molecule has 1 unspecified atom stereocenters. The Bertz CT molecular complexity index is 784. The van der Waals surface area contributed by atoms with Gasteiger partial charge < -0.3 is 4.90 Å². The molecule has 4 nitrogen and oxygen atoms in total. The molecular weight excluding hydrogens is 543 g/mol. The van der Waals surface area contributed by atoms with Crippen molar-refractivity contribution >= 4 is 21.6 Å². The van der Waals surface area contributed by atoms with Gasteiger partial charge in [0.2, 0.25) is 0 Å². The minimum absolute atomic E-state index is 0. The second kappa shape index (κ2) is 5.74. The zero-order chi connectivity index (χ0) is 15.1. The molecule has 0 bridgehead atoms. The van der Waals surface area contributed by atoms with Crippen LogP contribution in [0.4, 0.5) is 0 Å². The van der Waals surface area contributed by atoms with E-state index in [-0.39, 0.29) is 0 Å². The third-order valence-corrected chi connectivity index (χ3v) is 5.32. The molecule has 0 spiro atoms. The fourth-order valence-electron chi connectivity index (χ4n) is 3.18. The van der Waals surface area contributed by atoms with Gasteiger partial charge in [0.05, 0.1) is 15.7 Å². The Balaban J connectivity index is 0.00000156. The number of nitrogens with zero attached hydrogens (tertiary/aromatic N) is 4. The maximum Gasteiger partial charge on any atom is 0.0815 e. The minimum atomic E-state index is 0. The van der Waals surface area contributed by atoms with Crippen molar-refractivity contribution in [2.75, 3.05) is 13.1 Å². The SMILES string of the molecule is CC(c1ccc2scnc2c1)N1C[CH-]c2nn(C)cc2CC1.[Cf]. The third kappa shape index (κ3) is 2.64. The smallest absolute Gasteiger partial charge is 0.0815 e. The van der Waals surface area contributed by atoms with Crippen LogP contribution < -0.4 is 0 Å². The number of aromatic nitrogens is 3. The van der Waals surface area contributed by atoms with Gasteiger partial charge in [-0.3, -0.25) is 4.68 Å². The summed E-state index contributed by atoms with van der Waals surface area (Å²) in [6, 6.07) is 7.05. The second-order valence-corrected chi connectivity index (χ2v) is 6.80. The Morgan fingerprint density at radius 1 is 1.35 bits per heavy atom. The number of aryl methyl sites for hydroxylation is 1. The monoisotopic (exact) mass is 560 g/mol. The van der Waals surface area contributed by atoms with Gasteiger partial charge in [0.1, 0.15) is 0 Å². The van der Waals surface area contributed by atoms with Crippen LogP contribution >= 0.6 is 11.3 Å². The summed E-state index contributed by atoms with van der Waals surface area (Å²) in [5.74, 6) is 0. The first-order chi connectivity index (χ1) is 10.7. The molecule has 3 heterocycles. The molecule has 0 radical (unpaired) electrons. The van der Waals surface area contributed by atoms with Crippen molar-refractivity contribution in [2.24, 2.45) is 7.05 Å². The quantitative estimate of drug-likeness (QED) is 0.451. The van der Waals surface area contributed by atoms with Crippen LogP contribution in [0, 0.1) is 6.42 Å². The van der Waals surface area contributed by atoms with E-state index in [4.69, 9.17) is 0 Å². The van der Waals surface area contributed by atoms with E-state index in [1.165, 1.54) is 15.8 Å². The number of fused-ring (bicyclic) bond motifs is 2. The molecule has 0 aliphatic carbocycles. The Kier molecular flexibility index (Phi) is 3.76. The molecule has 1 atom stereocenters. The van der Waals surface area contributed by atoms with Crippen LogP contribution in [0.25, 0.3) is 10.2 Å². The number of benzene rings is 1. The van der Waals surface area contributed by atoms with E-state index in [0.717, 1.165) is 30.7 Å². The Labute approximate surface area is 134 Å². The molecule has 23 heavy (non-hydrogen) atoms. The predicted octanol–water partition coefficient (Wildman–Crippen LogP) is 3.20. The van der Waals surface area contributed by atoms with Crippen LogP contribution in [0.5, 0.6) is 0 Å². The van der Waals surface area contributed by atoms with Crippen LogP contribution in [-0.4, -0.2) is 32.8 Å². The molecule has 0 fully saturated rings. The molecular formula is C17H19CfN4S-. The summed E-state index contributed by atoms with van der Waals surface area (Å²) in [6.07, 6.45) is 5.45. The van der Waals surface area contributed by atoms with E-state index < -0.39 is 0 Å². The summed E-state index contributed by atoms with van der Waals surface area (Å²) in [7, 11) is 1.99.